The van der Waals surface area contributed by atoms with Crippen LogP contribution < -0.4 is 4.74 Å². The number of aliphatic hydroxyl groups excluding tert-OH is 1. The molecule has 0 aliphatic heterocycles. The molecule has 1 aromatic heterocycles. The third-order valence-electron chi connectivity index (χ3n) is 8.91. The van der Waals surface area contributed by atoms with Crippen molar-refractivity contribution in [3.8, 4) is 5.75 Å². The van der Waals surface area contributed by atoms with Crippen LogP contribution >= 0.6 is 0 Å². The summed E-state index contributed by atoms with van der Waals surface area (Å²) >= 11 is 0. The first-order valence-electron chi connectivity index (χ1n) is 13.1. The van der Waals surface area contributed by atoms with Gasteiger partial charge in [0.2, 0.25) is 0 Å². The lowest BCUT2D eigenvalue weighted by Gasteiger charge is -2.49. The molecule has 33 heavy (non-hydrogen) atoms. The molecule has 4 nitrogen and oxygen atoms in total. The maximum absolute atomic E-state index is 11.4. The quantitative estimate of drug-likeness (QED) is 0.506. The van der Waals surface area contributed by atoms with Gasteiger partial charge in [-0.1, -0.05) is 45.3 Å². The minimum atomic E-state index is -0.339. The number of hydrogen-bond acceptors (Lipinski definition) is 3. The largest absolute Gasteiger partial charge is 0.494 e. The first kappa shape index (κ1) is 22.7. The molecule has 0 amide bonds. The van der Waals surface area contributed by atoms with E-state index in [-0.39, 0.29) is 11.5 Å². The fraction of sp³-hybridized carbons (Fsp3) is 0.621. The first-order valence-corrected chi connectivity index (χ1v) is 13.1. The van der Waals surface area contributed by atoms with Gasteiger partial charge in [0.25, 0.3) is 0 Å². The van der Waals surface area contributed by atoms with E-state index in [1.807, 2.05) is 24.1 Å². The van der Waals surface area contributed by atoms with Crippen molar-refractivity contribution in [3.63, 3.8) is 0 Å². The molecule has 1 N–H and O–H groups in total. The number of unbranched alkanes of at least 4 members (excludes halogenated alkanes) is 3. The summed E-state index contributed by atoms with van der Waals surface area (Å²) in [5, 5.41) is 15.7. The zero-order chi connectivity index (χ0) is 23.0. The van der Waals surface area contributed by atoms with Gasteiger partial charge in [0.15, 0.2) is 0 Å². The summed E-state index contributed by atoms with van der Waals surface area (Å²) in [6.07, 6.45) is 16.4. The van der Waals surface area contributed by atoms with Crippen molar-refractivity contribution in [2.75, 3.05) is 6.61 Å². The SMILES string of the molecule is CCCCCCOc1ccc2c(c1)CC[C@@H]1[C@@H]2CC[C@@]2(C)[C@@H]1C/C(=C\c1cnn(C)c1)[C@@H]2O. The van der Waals surface area contributed by atoms with E-state index >= 15 is 0 Å². The van der Waals surface area contributed by atoms with Crippen LogP contribution in [0.4, 0.5) is 0 Å². The van der Waals surface area contributed by atoms with Gasteiger partial charge in [-0.25, -0.2) is 0 Å². The smallest absolute Gasteiger partial charge is 0.119 e. The van der Waals surface area contributed by atoms with Gasteiger partial charge in [-0.15, -0.1) is 0 Å². The Hall–Kier alpha value is -2.07. The van der Waals surface area contributed by atoms with Crippen LogP contribution in [-0.2, 0) is 13.5 Å². The molecule has 2 fully saturated rings. The number of aromatic nitrogens is 2. The van der Waals surface area contributed by atoms with Crippen molar-refractivity contribution in [1.82, 2.24) is 9.78 Å². The minimum Gasteiger partial charge on any atom is -0.494 e. The van der Waals surface area contributed by atoms with Crippen LogP contribution in [0.5, 0.6) is 5.75 Å². The maximum atomic E-state index is 11.4. The number of nitrogens with zero attached hydrogens (tertiary/aromatic N) is 2. The van der Waals surface area contributed by atoms with Crippen LogP contribution in [0, 0.1) is 17.3 Å². The van der Waals surface area contributed by atoms with Gasteiger partial charge >= 0.3 is 0 Å². The Morgan fingerprint density at radius 1 is 1.24 bits per heavy atom. The molecule has 3 aliphatic rings. The van der Waals surface area contributed by atoms with Crippen molar-refractivity contribution in [2.45, 2.75) is 83.7 Å². The summed E-state index contributed by atoms with van der Waals surface area (Å²) < 4.78 is 7.91. The molecule has 1 aromatic carbocycles. The zero-order valence-electron chi connectivity index (χ0n) is 20.6. The molecule has 2 aromatic rings. The van der Waals surface area contributed by atoms with Gasteiger partial charge in [-0.05, 0) is 85.1 Å². The first-order chi connectivity index (χ1) is 16.0. The van der Waals surface area contributed by atoms with E-state index < -0.39 is 0 Å². The van der Waals surface area contributed by atoms with E-state index in [9.17, 15) is 5.11 Å². The molecule has 3 aliphatic carbocycles. The Kier molecular flexibility index (Phi) is 6.39. The normalized spacial score (nSPS) is 31.8. The van der Waals surface area contributed by atoms with Gasteiger partial charge in [-0.3, -0.25) is 4.68 Å². The van der Waals surface area contributed by atoms with E-state index in [0.717, 1.165) is 43.6 Å². The van der Waals surface area contributed by atoms with E-state index in [4.69, 9.17) is 4.74 Å². The van der Waals surface area contributed by atoms with Crippen LogP contribution in [0.25, 0.3) is 6.08 Å². The Morgan fingerprint density at radius 2 is 2.12 bits per heavy atom. The fourth-order valence-corrected chi connectivity index (χ4v) is 7.09. The maximum Gasteiger partial charge on any atom is 0.119 e. The Bertz CT molecular complexity index is 1010. The predicted molar refractivity (Wildman–Crippen MR) is 133 cm³/mol. The molecule has 2 saturated carbocycles. The topological polar surface area (TPSA) is 47.3 Å². The highest BCUT2D eigenvalue weighted by atomic mass is 16.5. The Balaban J connectivity index is 1.31. The number of benzene rings is 1. The standard InChI is InChI=1S/C29H40N2O2/c1-4-5-6-7-14-33-23-9-11-24-21(16-23)8-10-26-25(24)12-13-29(2)27(26)17-22(28(29)32)15-20-18-30-31(3)19-20/h9,11,15-16,18-19,25-28,32H,4-8,10,12-14,17H2,1-3H3/b22-15+/t25-,26-,27-,28+,29+/m1/s1. The molecular weight excluding hydrogens is 408 g/mol. The number of hydrogen-bond donors (Lipinski definition) is 1. The third kappa shape index (κ3) is 4.27. The van der Waals surface area contributed by atoms with Crippen molar-refractivity contribution in [2.24, 2.45) is 24.3 Å². The summed E-state index contributed by atoms with van der Waals surface area (Å²) in [6.45, 7) is 5.42. The molecular formula is C29H40N2O2. The van der Waals surface area contributed by atoms with E-state index in [1.54, 1.807) is 5.56 Å². The summed E-state index contributed by atoms with van der Waals surface area (Å²) in [5.41, 5.74) is 5.34. The number of ether oxygens (including phenoxy) is 1. The Labute approximate surface area is 199 Å². The lowest BCUT2D eigenvalue weighted by molar-refractivity contribution is -0.0158. The molecule has 0 radical (unpaired) electrons. The van der Waals surface area contributed by atoms with Gasteiger partial charge in [0.1, 0.15) is 5.75 Å². The fourth-order valence-electron chi connectivity index (χ4n) is 7.09. The predicted octanol–water partition coefficient (Wildman–Crippen LogP) is 6.29. The minimum absolute atomic E-state index is 0.00570. The average Bonchev–Trinajstić information content (AvgIpc) is 3.34. The van der Waals surface area contributed by atoms with Crippen molar-refractivity contribution >= 4 is 6.08 Å². The summed E-state index contributed by atoms with van der Waals surface area (Å²) in [6, 6.07) is 6.87. The van der Waals surface area contributed by atoms with Crippen LogP contribution in [0.2, 0.25) is 0 Å². The van der Waals surface area contributed by atoms with Crippen LogP contribution in [0.15, 0.2) is 36.2 Å². The highest BCUT2D eigenvalue weighted by molar-refractivity contribution is 5.54. The zero-order valence-corrected chi connectivity index (χ0v) is 20.6. The van der Waals surface area contributed by atoms with E-state index in [1.165, 1.54) is 43.2 Å². The second kappa shape index (κ2) is 9.29. The molecule has 1 heterocycles. The summed E-state index contributed by atoms with van der Waals surface area (Å²) in [7, 11) is 1.95. The van der Waals surface area contributed by atoms with Crippen molar-refractivity contribution < 1.29 is 9.84 Å². The highest BCUT2D eigenvalue weighted by Crippen LogP contribution is 2.62. The summed E-state index contributed by atoms with van der Waals surface area (Å²) in [5.74, 6) is 2.88. The molecule has 5 rings (SSSR count). The Morgan fingerprint density at radius 3 is 2.91 bits per heavy atom. The van der Waals surface area contributed by atoms with E-state index in [0.29, 0.717) is 17.8 Å². The van der Waals surface area contributed by atoms with Crippen LogP contribution in [-0.4, -0.2) is 27.6 Å². The van der Waals surface area contributed by atoms with Gasteiger partial charge in [0, 0.05) is 24.2 Å². The highest BCUT2D eigenvalue weighted by Gasteiger charge is 2.56. The van der Waals surface area contributed by atoms with Crippen LogP contribution in [0.3, 0.4) is 0 Å². The molecule has 178 valence electrons. The lowest BCUT2D eigenvalue weighted by Crippen LogP contribution is -2.44. The monoisotopic (exact) mass is 448 g/mol. The molecule has 4 heteroatoms. The van der Waals surface area contributed by atoms with Gasteiger partial charge in [-0.2, -0.15) is 5.10 Å². The molecule has 0 saturated heterocycles. The second-order valence-electron chi connectivity index (χ2n) is 11.0. The molecule has 0 spiro atoms. The lowest BCUT2D eigenvalue weighted by atomic mass is 9.55. The van der Waals surface area contributed by atoms with Gasteiger partial charge < -0.3 is 9.84 Å². The third-order valence-corrected chi connectivity index (χ3v) is 8.91. The number of fused-ring (bicyclic) bond motifs is 5. The number of aliphatic hydroxyl groups is 1. The van der Waals surface area contributed by atoms with Crippen molar-refractivity contribution in [1.29, 1.82) is 0 Å². The average molecular weight is 449 g/mol. The van der Waals surface area contributed by atoms with Gasteiger partial charge in [0.05, 0.1) is 18.9 Å². The molecule has 0 bridgehead atoms. The molecule has 5 atom stereocenters. The number of aryl methyl sites for hydroxylation is 2. The summed E-state index contributed by atoms with van der Waals surface area (Å²) in [4.78, 5) is 0. The number of rotatable bonds is 7. The van der Waals surface area contributed by atoms with E-state index in [2.05, 4.69) is 43.2 Å². The molecule has 0 unspecified atom stereocenters. The second-order valence-corrected chi connectivity index (χ2v) is 11.0. The van der Waals surface area contributed by atoms with Crippen molar-refractivity contribution in [3.05, 3.63) is 52.9 Å². The van der Waals surface area contributed by atoms with Crippen LogP contribution in [0.1, 0.15) is 87.8 Å².